The van der Waals surface area contributed by atoms with E-state index in [0.717, 1.165) is 12.0 Å². The first kappa shape index (κ1) is 13.9. The number of hydrogen-bond acceptors (Lipinski definition) is 1. The Balaban J connectivity index is 1.68. The topological polar surface area (TPSA) is 20.2 Å². The van der Waals surface area contributed by atoms with Crippen LogP contribution in [0.4, 0.5) is 0 Å². The smallest absolute Gasteiger partial charge is 0.0615 e. The molecular weight excluding hydrogens is 291 g/mol. The molecule has 1 nitrogen and oxygen atoms in total. The molecule has 1 N–H and O–H groups in total. The van der Waals surface area contributed by atoms with E-state index in [9.17, 15) is 5.11 Å². The van der Waals surface area contributed by atoms with Gasteiger partial charge in [-0.25, -0.2) is 0 Å². The van der Waals surface area contributed by atoms with Crippen LogP contribution in [0, 0.1) is 5.92 Å². The summed E-state index contributed by atoms with van der Waals surface area (Å²) in [5, 5.41) is 11.7. The molecule has 0 heterocycles. The number of benzene rings is 2. The third-order valence-electron chi connectivity index (χ3n) is 4.04. The van der Waals surface area contributed by atoms with E-state index < -0.39 is 6.10 Å². The van der Waals surface area contributed by atoms with Crippen LogP contribution in [0.15, 0.2) is 48.5 Å². The summed E-state index contributed by atoms with van der Waals surface area (Å²) in [4.78, 5) is 0. The molecule has 2 aromatic rings. The van der Waals surface area contributed by atoms with Crippen molar-refractivity contribution in [2.45, 2.75) is 24.9 Å². The lowest BCUT2D eigenvalue weighted by atomic mass is 10.0. The van der Waals surface area contributed by atoms with Gasteiger partial charge in [-0.3, -0.25) is 0 Å². The van der Waals surface area contributed by atoms with Gasteiger partial charge in [-0.05, 0) is 41.5 Å². The van der Waals surface area contributed by atoms with Crippen LogP contribution >= 0.6 is 23.2 Å². The molecule has 2 aromatic carbocycles. The van der Waals surface area contributed by atoms with Crippen molar-refractivity contribution in [3.8, 4) is 0 Å². The Bertz CT molecular complexity index is 577. The van der Waals surface area contributed by atoms with E-state index >= 15 is 0 Å². The zero-order valence-electron chi connectivity index (χ0n) is 11.0. The molecule has 1 saturated carbocycles. The first-order valence-electron chi connectivity index (χ1n) is 6.82. The molecular formula is C17H16Cl2O. The standard InChI is InChI=1S/C17H16Cl2O/c18-15-7-4-8-16(19)14(15)10-17(20)13-9-12(13)11-5-2-1-3-6-11/h1-8,12-13,17,20H,9-10H2. The maximum atomic E-state index is 10.4. The molecule has 0 amide bonds. The summed E-state index contributed by atoms with van der Waals surface area (Å²) in [6.07, 6.45) is 1.16. The van der Waals surface area contributed by atoms with Crippen molar-refractivity contribution in [1.82, 2.24) is 0 Å². The van der Waals surface area contributed by atoms with Crippen molar-refractivity contribution in [2.24, 2.45) is 5.92 Å². The number of halogens is 2. The lowest BCUT2D eigenvalue weighted by molar-refractivity contribution is 0.149. The van der Waals surface area contributed by atoms with Gasteiger partial charge < -0.3 is 5.11 Å². The Labute approximate surface area is 129 Å². The molecule has 3 rings (SSSR count). The SMILES string of the molecule is OC(Cc1c(Cl)cccc1Cl)C1CC1c1ccccc1. The maximum absolute atomic E-state index is 10.4. The average Bonchev–Trinajstić information content (AvgIpc) is 3.24. The summed E-state index contributed by atoms with van der Waals surface area (Å²) in [5.74, 6) is 0.775. The number of aliphatic hydroxyl groups is 1. The molecule has 0 spiro atoms. The van der Waals surface area contributed by atoms with Gasteiger partial charge in [0.25, 0.3) is 0 Å². The second kappa shape index (κ2) is 5.77. The van der Waals surface area contributed by atoms with Gasteiger partial charge in [0.05, 0.1) is 6.10 Å². The van der Waals surface area contributed by atoms with Crippen molar-refractivity contribution in [2.75, 3.05) is 0 Å². The van der Waals surface area contributed by atoms with Gasteiger partial charge in [0.1, 0.15) is 0 Å². The van der Waals surface area contributed by atoms with Crippen LogP contribution in [0.5, 0.6) is 0 Å². The Kier molecular flexibility index (Phi) is 4.02. The van der Waals surface area contributed by atoms with Crippen LogP contribution in [0.3, 0.4) is 0 Å². The summed E-state index contributed by atoms with van der Waals surface area (Å²) in [6, 6.07) is 15.8. The molecule has 20 heavy (non-hydrogen) atoms. The van der Waals surface area contributed by atoms with Gasteiger partial charge in [0.15, 0.2) is 0 Å². The van der Waals surface area contributed by atoms with E-state index in [1.165, 1.54) is 5.56 Å². The molecule has 1 fully saturated rings. The summed E-state index contributed by atoms with van der Waals surface area (Å²) in [6.45, 7) is 0. The first-order chi connectivity index (χ1) is 9.66. The van der Waals surface area contributed by atoms with Gasteiger partial charge in [-0.2, -0.15) is 0 Å². The molecule has 3 atom stereocenters. The van der Waals surface area contributed by atoms with Crippen LogP contribution in [0.1, 0.15) is 23.5 Å². The Hall–Kier alpha value is -1.02. The van der Waals surface area contributed by atoms with Crippen molar-refractivity contribution in [3.63, 3.8) is 0 Å². The lowest BCUT2D eigenvalue weighted by Gasteiger charge is -2.13. The highest BCUT2D eigenvalue weighted by Gasteiger charge is 2.43. The summed E-state index contributed by atoms with van der Waals surface area (Å²) in [5.41, 5.74) is 2.16. The highest BCUT2D eigenvalue weighted by atomic mass is 35.5. The third-order valence-corrected chi connectivity index (χ3v) is 4.74. The maximum Gasteiger partial charge on any atom is 0.0615 e. The van der Waals surface area contributed by atoms with Gasteiger partial charge in [0, 0.05) is 16.5 Å². The number of aliphatic hydroxyl groups excluding tert-OH is 1. The van der Waals surface area contributed by atoms with Crippen molar-refractivity contribution in [1.29, 1.82) is 0 Å². The highest BCUT2D eigenvalue weighted by molar-refractivity contribution is 6.36. The minimum Gasteiger partial charge on any atom is -0.392 e. The van der Waals surface area contributed by atoms with Crippen molar-refractivity contribution in [3.05, 3.63) is 69.7 Å². The predicted octanol–water partition coefficient (Wildman–Crippen LogP) is 4.70. The predicted molar refractivity (Wildman–Crippen MR) is 83.5 cm³/mol. The fourth-order valence-electron chi connectivity index (χ4n) is 2.81. The molecule has 0 aliphatic heterocycles. The van der Waals surface area contributed by atoms with Crippen LogP contribution in [0.25, 0.3) is 0 Å². The lowest BCUT2D eigenvalue weighted by Crippen LogP contribution is -2.14. The summed E-state index contributed by atoms with van der Waals surface area (Å²) < 4.78 is 0. The van der Waals surface area contributed by atoms with E-state index in [0.29, 0.717) is 28.3 Å². The first-order valence-corrected chi connectivity index (χ1v) is 7.58. The van der Waals surface area contributed by atoms with E-state index in [4.69, 9.17) is 23.2 Å². The normalized spacial score (nSPS) is 22.6. The molecule has 1 aliphatic rings. The molecule has 1 aliphatic carbocycles. The monoisotopic (exact) mass is 306 g/mol. The van der Waals surface area contributed by atoms with E-state index in [2.05, 4.69) is 12.1 Å². The van der Waals surface area contributed by atoms with Crippen LogP contribution in [-0.4, -0.2) is 11.2 Å². The van der Waals surface area contributed by atoms with Gasteiger partial charge in [-0.1, -0.05) is 59.6 Å². The van der Waals surface area contributed by atoms with E-state index in [1.54, 1.807) is 0 Å². The minimum atomic E-state index is -0.391. The van der Waals surface area contributed by atoms with Crippen LogP contribution in [-0.2, 0) is 6.42 Å². The summed E-state index contributed by atoms with van der Waals surface area (Å²) in [7, 11) is 0. The van der Waals surface area contributed by atoms with Crippen LogP contribution in [0.2, 0.25) is 10.0 Å². The quantitative estimate of drug-likeness (QED) is 0.868. The van der Waals surface area contributed by atoms with Gasteiger partial charge >= 0.3 is 0 Å². The Morgan fingerprint density at radius 2 is 1.65 bits per heavy atom. The van der Waals surface area contributed by atoms with Crippen molar-refractivity contribution < 1.29 is 5.11 Å². The molecule has 3 unspecified atom stereocenters. The third kappa shape index (κ3) is 2.85. The zero-order valence-corrected chi connectivity index (χ0v) is 12.5. The number of rotatable bonds is 4. The van der Waals surface area contributed by atoms with E-state index in [1.807, 2.05) is 36.4 Å². The van der Waals surface area contributed by atoms with Crippen molar-refractivity contribution >= 4 is 23.2 Å². The number of hydrogen-bond donors (Lipinski definition) is 1. The van der Waals surface area contributed by atoms with E-state index in [-0.39, 0.29) is 0 Å². The molecule has 3 heteroatoms. The molecule has 104 valence electrons. The van der Waals surface area contributed by atoms with Crippen LogP contribution < -0.4 is 0 Å². The fourth-order valence-corrected chi connectivity index (χ4v) is 3.36. The Morgan fingerprint density at radius 1 is 1.00 bits per heavy atom. The van der Waals surface area contributed by atoms with Gasteiger partial charge in [0.2, 0.25) is 0 Å². The molecule has 0 bridgehead atoms. The summed E-state index contributed by atoms with van der Waals surface area (Å²) >= 11 is 12.3. The second-order valence-corrected chi connectivity index (χ2v) is 6.20. The molecule has 0 saturated heterocycles. The largest absolute Gasteiger partial charge is 0.392 e. The average molecular weight is 307 g/mol. The van der Waals surface area contributed by atoms with Gasteiger partial charge in [-0.15, -0.1) is 0 Å². The molecule has 0 aromatic heterocycles. The minimum absolute atomic E-state index is 0.310. The highest BCUT2D eigenvalue weighted by Crippen LogP contribution is 2.50. The Morgan fingerprint density at radius 3 is 2.30 bits per heavy atom. The second-order valence-electron chi connectivity index (χ2n) is 5.39. The fraction of sp³-hybridized carbons (Fsp3) is 0.294. The molecule has 0 radical (unpaired) electrons. The zero-order chi connectivity index (χ0) is 14.1.